The molecule has 2 aromatic carbocycles. The van der Waals surface area contributed by atoms with Crippen molar-refractivity contribution >= 4 is 23.5 Å². The first-order valence-corrected chi connectivity index (χ1v) is 9.81. The second-order valence-corrected chi connectivity index (χ2v) is 7.81. The van der Waals surface area contributed by atoms with Gasteiger partial charge in [0.2, 0.25) is 5.91 Å². The van der Waals surface area contributed by atoms with E-state index < -0.39 is 11.6 Å². The molecule has 0 radical (unpaired) electrons. The Hall–Kier alpha value is -3.22. The molecule has 1 fully saturated rings. The zero-order valence-corrected chi connectivity index (χ0v) is 15.8. The fourth-order valence-corrected chi connectivity index (χ4v) is 4.78. The Labute approximate surface area is 167 Å². The molecule has 2 aliphatic heterocycles. The number of hydrogen-bond acceptors (Lipinski definition) is 3. The highest BCUT2D eigenvalue weighted by Gasteiger charge is 2.55. The molecule has 1 atom stereocenters. The number of benzene rings is 2. The average Bonchev–Trinajstić information content (AvgIpc) is 3.20. The summed E-state index contributed by atoms with van der Waals surface area (Å²) in [5, 5.41) is 2.84. The molecule has 0 bridgehead atoms. The van der Waals surface area contributed by atoms with E-state index in [2.05, 4.69) is 5.32 Å². The lowest BCUT2D eigenvalue weighted by Crippen LogP contribution is -2.46. The molecule has 1 N–H and O–H groups in total. The summed E-state index contributed by atoms with van der Waals surface area (Å²) >= 11 is 0. The molecular formula is C22H20FN3O3. The van der Waals surface area contributed by atoms with Crippen molar-refractivity contribution in [3.63, 3.8) is 0 Å². The SMILES string of the molecule is O=C1NC2(CCc3ccccc32)C(=O)N1CC(=O)N1CCCc2cc(F)ccc21. The number of carbonyl (C=O) groups excluding carboxylic acids is 3. The molecule has 148 valence electrons. The van der Waals surface area contributed by atoms with E-state index in [4.69, 9.17) is 0 Å². The number of imide groups is 1. The molecule has 1 saturated heterocycles. The van der Waals surface area contributed by atoms with E-state index in [0.717, 1.165) is 21.6 Å². The number of carbonyl (C=O) groups is 3. The number of urea groups is 1. The van der Waals surface area contributed by atoms with Crippen molar-refractivity contribution in [2.24, 2.45) is 0 Å². The Balaban J connectivity index is 1.40. The van der Waals surface area contributed by atoms with E-state index in [0.29, 0.717) is 37.9 Å². The molecule has 1 spiro atoms. The molecule has 7 heteroatoms. The second kappa shape index (κ2) is 6.40. The lowest BCUT2D eigenvalue weighted by Gasteiger charge is -2.30. The molecule has 2 aromatic rings. The van der Waals surface area contributed by atoms with Crippen LogP contribution >= 0.6 is 0 Å². The summed E-state index contributed by atoms with van der Waals surface area (Å²) in [5.74, 6) is -1.06. The number of nitrogens with zero attached hydrogens (tertiary/aromatic N) is 2. The van der Waals surface area contributed by atoms with Gasteiger partial charge in [0.05, 0.1) is 0 Å². The van der Waals surface area contributed by atoms with Crippen LogP contribution in [-0.4, -0.2) is 35.8 Å². The summed E-state index contributed by atoms with van der Waals surface area (Å²) in [6, 6.07) is 11.4. The van der Waals surface area contributed by atoms with Gasteiger partial charge in [0, 0.05) is 12.2 Å². The normalized spacial score (nSPS) is 22.7. The largest absolute Gasteiger partial charge is 0.325 e. The van der Waals surface area contributed by atoms with Gasteiger partial charge < -0.3 is 10.2 Å². The van der Waals surface area contributed by atoms with Crippen LogP contribution in [0.15, 0.2) is 42.5 Å². The van der Waals surface area contributed by atoms with E-state index in [9.17, 15) is 18.8 Å². The first-order valence-electron chi connectivity index (χ1n) is 9.81. The summed E-state index contributed by atoms with van der Waals surface area (Å²) < 4.78 is 13.5. The fourth-order valence-electron chi connectivity index (χ4n) is 4.78. The molecule has 4 amide bonds. The number of hydrogen-bond donors (Lipinski definition) is 1. The van der Waals surface area contributed by atoms with Crippen molar-refractivity contribution in [1.29, 1.82) is 0 Å². The van der Waals surface area contributed by atoms with E-state index in [-0.39, 0.29) is 24.2 Å². The average molecular weight is 393 g/mol. The molecule has 1 aliphatic carbocycles. The molecule has 1 unspecified atom stereocenters. The van der Waals surface area contributed by atoms with Crippen LogP contribution in [0.2, 0.25) is 0 Å². The quantitative estimate of drug-likeness (QED) is 0.797. The molecule has 0 saturated carbocycles. The molecule has 5 rings (SSSR count). The Kier molecular flexibility index (Phi) is 3.94. The number of rotatable bonds is 2. The van der Waals surface area contributed by atoms with Gasteiger partial charge in [-0.2, -0.15) is 0 Å². The van der Waals surface area contributed by atoms with Crippen molar-refractivity contribution < 1.29 is 18.8 Å². The molecule has 2 heterocycles. The third-order valence-corrected chi connectivity index (χ3v) is 6.18. The molecule has 6 nitrogen and oxygen atoms in total. The fraction of sp³-hybridized carbons (Fsp3) is 0.318. The van der Waals surface area contributed by atoms with Gasteiger partial charge in [0.15, 0.2) is 0 Å². The van der Waals surface area contributed by atoms with Crippen LogP contribution in [0.4, 0.5) is 14.9 Å². The lowest BCUT2D eigenvalue weighted by molar-refractivity contribution is -0.134. The van der Waals surface area contributed by atoms with Crippen LogP contribution in [0.3, 0.4) is 0 Å². The second-order valence-electron chi connectivity index (χ2n) is 7.81. The van der Waals surface area contributed by atoms with Gasteiger partial charge in [-0.3, -0.25) is 14.5 Å². The standard InChI is InChI=1S/C22H20FN3O3/c23-16-7-8-18-15(12-16)5-3-11-25(18)19(27)13-26-20(28)22(24-21(26)29)10-9-14-4-1-2-6-17(14)22/h1-2,4,6-8,12H,3,5,9-11,13H2,(H,24,29). The van der Waals surface area contributed by atoms with Crippen molar-refractivity contribution in [2.45, 2.75) is 31.2 Å². The van der Waals surface area contributed by atoms with Crippen LogP contribution in [-0.2, 0) is 28.0 Å². The van der Waals surface area contributed by atoms with Crippen LogP contribution in [0.5, 0.6) is 0 Å². The maximum Gasteiger partial charge on any atom is 0.325 e. The van der Waals surface area contributed by atoms with Crippen LogP contribution in [0, 0.1) is 5.82 Å². The predicted octanol–water partition coefficient (Wildman–Crippen LogP) is 2.50. The third kappa shape index (κ3) is 2.64. The first kappa shape index (κ1) is 17.8. The summed E-state index contributed by atoms with van der Waals surface area (Å²) in [5.41, 5.74) is 2.20. The Morgan fingerprint density at radius 2 is 1.93 bits per heavy atom. The van der Waals surface area contributed by atoms with Gasteiger partial charge in [0.1, 0.15) is 17.9 Å². The highest BCUT2D eigenvalue weighted by molar-refractivity contribution is 6.11. The van der Waals surface area contributed by atoms with Crippen molar-refractivity contribution in [3.05, 3.63) is 65.0 Å². The van der Waals surface area contributed by atoms with Gasteiger partial charge in [0.25, 0.3) is 5.91 Å². The van der Waals surface area contributed by atoms with Gasteiger partial charge in [-0.05, 0) is 60.6 Å². The molecular weight excluding hydrogens is 373 g/mol. The summed E-state index contributed by atoms with van der Waals surface area (Å²) in [7, 11) is 0. The zero-order valence-electron chi connectivity index (χ0n) is 15.8. The smallest absolute Gasteiger partial charge is 0.319 e. The first-order chi connectivity index (χ1) is 14.0. The minimum atomic E-state index is -1.07. The van der Waals surface area contributed by atoms with Crippen molar-refractivity contribution in [3.8, 4) is 0 Å². The minimum Gasteiger partial charge on any atom is -0.319 e. The number of halogens is 1. The van der Waals surface area contributed by atoms with E-state index in [1.54, 1.807) is 11.0 Å². The maximum absolute atomic E-state index is 13.5. The van der Waals surface area contributed by atoms with Crippen molar-refractivity contribution in [1.82, 2.24) is 10.2 Å². The number of amides is 4. The van der Waals surface area contributed by atoms with Crippen LogP contribution in [0.1, 0.15) is 29.5 Å². The topological polar surface area (TPSA) is 69.7 Å². The van der Waals surface area contributed by atoms with E-state index in [1.807, 2.05) is 24.3 Å². The highest BCUT2D eigenvalue weighted by atomic mass is 19.1. The van der Waals surface area contributed by atoms with Crippen molar-refractivity contribution in [2.75, 3.05) is 18.0 Å². The number of aryl methyl sites for hydroxylation is 2. The van der Waals surface area contributed by atoms with Crippen LogP contribution in [0.25, 0.3) is 0 Å². The predicted molar refractivity (Wildman–Crippen MR) is 104 cm³/mol. The van der Waals surface area contributed by atoms with E-state index in [1.165, 1.54) is 12.1 Å². The van der Waals surface area contributed by atoms with Gasteiger partial charge in [-0.15, -0.1) is 0 Å². The number of nitrogens with one attached hydrogen (secondary N) is 1. The zero-order chi connectivity index (χ0) is 20.2. The van der Waals surface area contributed by atoms with Gasteiger partial charge >= 0.3 is 6.03 Å². The molecule has 29 heavy (non-hydrogen) atoms. The Morgan fingerprint density at radius 3 is 2.79 bits per heavy atom. The van der Waals surface area contributed by atoms with Gasteiger partial charge in [-0.25, -0.2) is 9.18 Å². The molecule has 3 aliphatic rings. The number of anilines is 1. The maximum atomic E-state index is 13.5. The minimum absolute atomic E-state index is 0.328. The number of fused-ring (bicyclic) bond motifs is 3. The molecule has 0 aromatic heterocycles. The van der Waals surface area contributed by atoms with Crippen LogP contribution < -0.4 is 10.2 Å². The monoisotopic (exact) mass is 393 g/mol. The summed E-state index contributed by atoms with van der Waals surface area (Å²) in [4.78, 5) is 41.4. The summed E-state index contributed by atoms with van der Waals surface area (Å²) in [6.07, 6.45) is 2.60. The summed E-state index contributed by atoms with van der Waals surface area (Å²) in [6.45, 7) is 0.153. The van der Waals surface area contributed by atoms with Gasteiger partial charge in [-0.1, -0.05) is 24.3 Å². The Bertz CT molecular complexity index is 1050. The highest BCUT2D eigenvalue weighted by Crippen LogP contribution is 2.41. The Morgan fingerprint density at radius 1 is 1.10 bits per heavy atom. The van der Waals surface area contributed by atoms with E-state index >= 15 is 0 Å². The third-order valence-electron chi connectivity index (χ3n) is 6.18. The lowest BCUT2D eigenvalue weighted by atomic mass is 9.92.